The van der Waals surface area contributed by atoms with Crippen LogP contribution in [-0.2, 0) is 0 Å². The number of benzene rings is 1. The highest BCUT2D eigenvalue weighted by atomic mass is 14.9. The van der Waals surface area contributed by atoms with E-state index >= 15 is 0 Å². The molecule has 0 spiro atoms. The van der Waals surface area contributed by atoms with E-state index in [1.165, 1.54) is 0 Å². The van der Waals surface area contributed by atoms with E-state index in [1.807, 2.05) is 43.3 Å². The molecule has 0 fully saturated rings. The van der Waals surface area contributed by atoms with Crippen molar-refractivity contribution in [2.45, 2.75) is 6.92 Å². The van der Waals surface area contributed by atoms with Crippen molar-refractivity contribution < 1.29 is 0 Å². The number of rotatable bonds is 3. The molecule has 0 unspecified atom stereocenters. The molecule has 0 aliphatic rings. The second-order valence-corrected chi connectivity index (χ2v) is 3.75. The van der Waals surface area contributed by atoms with Crippen molar-refractivity contribution in [3.8, 4) is 11.1 Å². The third-order valence-electron chi connectivity index (χ3n) is 2.50. The lowest BCUT2D eigenvalue weighted by molar-refractivity contribution is 1.24. The zero-order valence-electron chi connectivity index (χ0n) is 9.57. The fraction of sp³-hybridized carbons (Fsp3) is 0.0769. The zero-order valence-corrected chi connectivity index (χ0v) is 9.57. The molecule has 0 saturated heterocycles. The van der Waals surface area contributed by atoms with Gasteiger partial charge in [-0.2, -0.15) is 0 Å². The highest BCUT2D eigenvalue weighted by molar-refractivity contribution is 6.04. The number of aliphatic imine (C=N–C) groups is 1. The number of amidine groups is 1. The van der Waals surface area contributed by atoms with Crippen molar-refractivity contribution in [3.63, 3.8) is 0 Å². The predicted molar refractivity (Wildman–Crippen MR) is 70.5 cm³/mol. The third kappa shape index (κ3) is 2.25. The second-order valence-electron chi connectivity index (χ2n) is 3.75. The van der Waals surface area contributed by atoms with Crippen LogP contribution in [0.25, 0.3) is 11.1 Å². The molecule has 0 aliphatic carbocycles. The highest BCUT2D eigenvalue weighted by Gasteiger charge is 2.11. The summed E-state index contributed by atoms with van der Waals surface area (Å²) in [7, 11) is 0. The number of aromatic amines is 1. The first-order valence-electron chi connectivity index (χ1n) is 5.30. The standard InChI is InChI=1S/C13H14N4/c1-9-7-11(10-5-3-2-4-6-10)12(17-9)13(15)16-8-14/h2-8,17H,1H3,(H3,14,15,16). The van der Waals surface area contributed by atoms with Gasteiger partial charge in [-0.1, -0.05) is 30.3 Å². The Balaban J connectivity index is 2.55. The van der Waals surface area contributed by atoms with Crippen LogP contribution in [0.5, 0.6) is 0 Å². The summed E-state index contributed by atoms with van der Waals surface area (Å²) in [6.45, 7) is 1.97. The molecule has 1 heterocycles. The third-order valence-corrected chi connectivity index (χ3v) is 2.50. The van der Waals surface area contributed by atoms with Gasteiger partial charge in [-0.05, 0) is 18.6 Å². The van der Waals surface area contributed by atoms with E-state index < -0.39 is 0 Å². The second kappa shape index (κ2) is 4.65. The van der Waals surface area contributed by atoms with Gasteiger partial charge in [-0.3, -0.25) is 5.41 Å². The zero-order chi connectivity index (χ0) is 12.3. The molecule has 1 aromatic heterocycles. The summed E-state index contributed by atoms with van der Waals surface area (Å²) >= 11 is 0. The molecule has 86 valence electrons. The maximum absolute atomic E-state index is 6.96. The first-order chi connectivity index (χ1) is 8.22. The summed E-state index contributed by atoms with van der Waals surface area (Å²) in [5.41, 5.74) is 9.69. The van der Waals surface area contributed by atoms with E-state index in [1.54, 1.807) is 0 Å². The van der Waals surface area contributed by atoms with Crippen LogP contribution in [0.1, 0.15) is 11.4 Å². The molecular formula is C13H14N4. The molecule has 0 amide bonds. The molecule has 2 aromatic rings. The molecule has 2 rings (SSSR count). The molecular weight excluding hydrogens is 212 g/mol. The van der Waals surface area contributed by atoms with Gasteiger partial charge in [-0.15, -0.1) is 0 Å². The molecule has 17 heavy (non-hydrogen) atoms. The maximum atomic E-state index is 6.96. The molecule has 4 N–H and O–H groups in total. The largest absolute Gasteiger partial charge is 0.382 e. The number of nitrogens with zero attached hydrogens (tertiary/aromatic N) is 1. The average Bonchev–Trinajstić information content (AvgIpc) is 2.73. The Kier molecular flexibility index (Phi) is 3.05. The molecule has 0 saturated carbocycles. The lowest BCUT2D eigenvalue weighted by atomic mass is 10.1. The van der Waals surface area contributed by atoms with E-state index in [0.29, 0.717) is 5.84 Å². The minimum atomic E-state index is 0.326. The fourth-order valence-electron chi connectivity index (χ4n) is 1.77. The van der Waals surface area contributed by atoms with Crippen molar-refractivity contribution >= 4 is 12.2 Å². The molecule has 0 bridgehead atoms. The van der Waals surface area contributed by atoms with Crippen LogP contribution in [0.2, 0.25) is 0 Å². The van der Waals surface area contributed by atoms with Crippen molar-refractivity contribution in [3.05, 3.63) is 47.8 Å². The Bertz CT molecular complexity index is 552. The quantitative estimate of drug-likeness (QED) is 0.545. The van der Waals surface area contributed by atoms with Crippen molar-refractivity contribution in [1.82, 2.24) is 4.98 Å². The Morgan fingerprint density at radius 3 is 2.71 bits per heavy atom. The summed E-state index contributed by atoms with van der Waals surface area (Å²) in [6, 6.07) is 12.0. The summed E-state index contributed by atoms with van der Waals surface area (Å²) in [6.07, 6.45) is 0.945. The van der Waals surface area contributed by atoms with Gasteiger partial charge in [0.1, 0.15) is 12.2 Å². The van der Waals surface area contributed by atoms with E-state index in [0.717, 1.165) is 28.9 Å². The number of hydrogen-bond donors (Lipinski definition) is 3. The van der Waals surface area contributed by atoms with Crippen LogP contribution < -0.4 is 5.73 Å². The fourth-order valence-corrected chi connectivity index (χ4v) is 1.77. The van der Waals surface area contributed by atoms with Crippen LogP contribution >= 0.6 is 0 Å². The number of H-pyrrole nitrogens is 1. The van der Waals surface area contributed by atoms with Gasteiger partial charge in [0.25, 0.3) is 0 Å². The highest BCUT2D eigenvalue weighted by Crippen LogP contribution is 2.24. The molecule has 1 aromatic carbocycles. The van der Waals surface area contributed by atoms with E-state index in [-0.39, 0.29) is 0 Å². The van der Waals surface area contributed by atoms with Crippen molar-refractivity contribution in [1.29, 1.82) is 5.41 Å². The van der Waals surface area contributed by atoms with E-state index in [4.69, 9.17) is 11.1 Å². The minimum absolute atomic E-state index is 0.326. The molecule has 0 radical (unpaired) electrons. The van der Waals surface area contributed by atoms with Crippen molar-refractivity contribution in [2.75, 3.05) is 0 Å². The van der Waals surface area contributed by atoms with Gasteiger partial charge in [0, 0.05) is 11.3 Å². The average molecular weight is 226 g/mol. The number of aryl methyl sites for hydroxylation is 1. The summed E-state index contributed by atoms with van der Waals surface area (Å²) in [5, 5.41) is 6.96. The van der Waals surface area contributed by atoms with Crippen LogP contribution in [0.3, 0.4) is 0 Å². The smallest absolute Gasteiger partial charge is 0.149 e. The predicted octanol–water partition coefficient (Wildman–Crippen LogP) is 2.30. The van der Waals surface area contributed by atoms with Gasteiger partial charge < -0.3 is 10.7 Å². The first kappa shape index (κ1) is 11.1. The van der Waals surface area contributed by atoms with Gasteiger partial charge in [0.2, 0.25) is 0 Å². The van der Waals surface area contributed by atoms with Crippen LogP contribution in [-0.4, -0.2) is 17.2 Å². The normalized spacial score (nSPS) is 11.5. The Labute approximate surface area is 99.7 Å². The molecule has 0 atom stereocenters. The number of aromatic nitrogens is 1. The van der Waals surface area contributed by atoms with Gasteiger partial charge in [0.05, 0.1) is 5.69 Å². The van der Waals surface area contributed by atoms with Crippen LogP contribution in [0.15, 0.2) is 41.4 Å². The Hall–Kier alpha value is -2.36. The monoisotopic (exact) mass is 226 g/mol. The first-order valence-corrected chi connectivity index (χ1v) is 5.30. The van der Waals surface area contributed by atoms with Crippen LogP contribution in [0, 0.1) is 12.3 Å². The Morgan fingerprint density at radius 2 is 2.06 bits per heavy atom. The van der Waals surface area contributed by atoms with E-state index in [2.05, 4.69) is 9.98 Å². The number of nitrogens with two attached hydrogens (primary N) is 1. The van der Waals surface area contributed by atoms with Gasteiger partial charge in [-0.25, -0.2) is 4.99 Å². The lowest BCUT2D eigenvalue weighted by Crippen LogP contribution is -2.15. The van der Waals surface area contributed by atoms with Gasteiger partial charge in [0.15, 0.2) is 0 Å². The lowest BCUT2D eigenvalue weighted by Gasteiger charge is -2.02. The number of nitrogens with one attached hydrogen (secondary N) is 2. The van der Waals surface area contributed by atoms with Crippen LogP contribution in [0.4, 0.5) is 0 Å². The van der Waals surface area contributed by atoms with Crippen molar-refractivity contribution in [2.24, 2.45) is 10.7 Å². The van der Waals surface area contributed by atoms with Gasteiger partial charge >= 0.3 is 0 Å². The Morgan fingerprint density at radius 1 is 1.35 bits per heavy atom. The topological polar surface area (TPSA) is 78.0 Å². The summed E-state index contributed by atoms with van der Waals surface area (Å²) in [5.74, 6) is 0.326. The minimum Gasteiger partial charge on any atom is -0.382 e. The summed E-state index contributed by atoms with van der Waals surface area (Å²) in [4.78, 5) is 6.97. The summed E-state index contributed by atoms with van der Waals surface area (Å²) < 4.78 is 0. The molecule has 4 heteroatoms. The molecule has 0 aliphatic heterocycles. The number of hydrogen-bond acceptors (Lipinski definition) is 1. The SMILES string of the molecule is Cc1cc(-c2ccccc2)c(/C(N)=N\C=N)[nH]1. The van der Waals surface area contributed by atoms with E-state index in [9.17, 15) is 0 Å². The molecule has 4 nitrogen and oxygen atoms in total. The maximum Gasteiger partial charge on any atom is 0.149 e.